The van der Waals surface area contributed by atoms with Crippen LogP contribution >= 0.6 is 0 Å². The average Bonchev–Trinajstić information content (AvgIpc) is 2.43. The van der Waals surface area contributed by atoms with Crippen LogP contribution in [0.15, 0.2) is 28.6 Å². The van der Waals surface area contributed by atoms with Gasteiger partial charge in [-0.05, 0) is 37.6 Å². The van der Waals surface area contributed by atoms with Gasteiger partial charge in [-0.25, -0.2) is 9.00 Å². The molecule has 7 nitrogen and oxygen atoms in total. The van der Waals surface area contributed by atoms with Crippen molar-refractivity contribution >= 4 is 27.4 Å². The van der Waals surface area contributed by atoms with Gasteiger partial charge in [-0.3, -0.25) is 4.79 Å². The second kappa shape index (κ2) is 8.64. The molecule has 0 spiro atoms. The third kappa shape index (κ3) is 7.75. The van der Waals surface area contributed by atoms with Crippen molar-refractivity contribution in [3.63, 3.8) is 0 Å². The SMILES string of the molecule is COCCC(C)NC(=O)Nc1ccc(C(=O)N=S(C)(C)=O)cc1. The third-order valence-electron chi connectivity index (χ3n) is 2.82. The Morgan fingerprint density at radius 1 is 1.26 bits per heavy atom. The molecule has 0 aliphatic carbocycles. The Kier molecular flexibility index (Phi) is 7.18. The number of urea groups is 1. The highest BCUT2D eigenvalue weighted by Crippen LogP contribution is 2.11. The number of amides is 3. The van der Waals surface area contributed by atoms with Gasteiger partial charge >= 0.3 is 6.03 Å². The van der Waals surface area contributed by atoms with E-state index in [0.717, 1.165) is 0 Å². The Balaban J connectivity index is 2.62. The number of benzene rings is 1. The van der Waals surface area contributed by atoms with Crippen molar-refractivity contribution in [2.75, 3.05) is 31.5 Å². The Morgan fingerprint density at radius 3 is 2.39 bits per heavy atom. The Bertz CT molecular complexity index is 656. The van der Waals surface area contributed by atoms with E-state index in [-0.39, 0.29) is 12.1 Å². The molecule has 8 heteroatoms. The largest absolute Gasteiger partial charge is 0.385 e. The van der Waals surface area contributed by atoms with Crippen molar-refractivity contribution < 1.29 is 18.5 Å². The number of hydrogen-bond donors (Lipinski definition) is 2. The van der Waals surface area contributed by atoms with Gasteiger partial charge in [0.1, 0.15) is 0 Å². The maximum atomic E-state index is 11.8. The predicted octanol–water partition coefficient (Wildman–Crippen LogP) is 2.10. The number of nitrogens with one attached hydrogen (secondary N) is 2. The van der Waals surface area contributed by atoms with Crippen LogP contribution in [-0.2, 0) is 14.5 Å². The molecule has 1 rings (SSSR count). The summed E-state index contributed by atoms with van der Waals surface area (Å²) in [6.07, 6.45) is 3.51. The Hall–Kier alpha value is -1.93. The van der Waals surface area contributed by atoms with Gasteiger partial charge in [-0.1, -0.05) is 0 Å². The van der Waals surface area contributed by atoms with Gasteiger partial charge in [0.05, 0.1) is 0 Å². The minimum absolute atomic E-state index is 0.0168. The molecule has 0 fully saturated rings. The fraction of sp³-hybridized carbons (Fsp3) is 0.467. The molecule has 0 aromatic heterocycles. The van der Waals surface area contributed by atoms with Gasteiger partial charge in [-0.2, -0.15) is 4.36 Å². The van der Waals surface area contributed by atoms with Crippen LogP contribution in [-0.4, -0.2) is 48.4 Å². The predicted molar refractivity (Wildman–Crippen MR) is 91.3 cm³/mol. The first kappa shape index (κ1) is 19.1. The van der Waals surface area contributed by atoms with E-state index in [1.165, 1.54) is 24.6 Å². The Morgan fingerprint density at radius 2 is 1.87 bits per heavy atom. The van der Waals surface area contributed by atoms with Gasteiger partial charge in [0.2, 0.25) is 0 Å². The van der Waals surface area contributed by atoms with E-state index in [0.29, 0.717) is 24.3 Å². The first-order valence-corrected chi connectivity index (χ1v) is 9.42. The zero-order valence-electron chi connectivity index (χ0n) is 13.8. The van der Waals surface area contributed by atoms with E-state index in [2.05, 4.69) is 15.0 Å². The highest BCUT2D eigenvalue weighted by Gasteiger charge is 2.09. The van der Waals surface area contributed by atoms with Crippen molar-refractivity contribution in [1.29, 1.82) is 0 Å². The number of rotatable bonds is 6. The van der Waals surface area contributed by atoms with Crippen molar-refractivity contribution in [1.82, 2.24) is 5.32 Å². The molecule has 0 aliphatic rings. The van der Waals surface area contributed by atoms with E-state index in [9.17, 15) is 13.8 Å². The van der Waals surface area contributed by atoms with Gasteiger partial charge in [0.25, 0.3) is 5.91 Å². The van der Waals surface area contributed by atoms with Crippen LogP contribution in [0.5, 0.6) is 0 Å². The van der Waals surface area contributed by atoms with Gasteiger partial charge in [0, 0.05) is 53.2 Å². The molecular formula is C15H23N3O4S. The van der Waals surface area contributed by atoms with Gasteiger partial charge < -0.3 is 15.4 Å². The summed E-state index contributed by atoms with van der Waals surface area (Å²) in [6, 6.07) is 5.89. The molecule has 0 radical (unpaired) electrons. The van der Waals surface area contributed by atoms with E-state index >= 15 is 0 Å². The number of methoxy groups -OCH3 is 1. The quantitative estimate of drug-likeness (QED) is 0.828. The lowest BCUT2D eigenvalue weighted by atomic mass is 10.2. The first-order valence-electron chi connectivity index (χ1n) is 7.09. The summed E-state index contributed by atoms with van der Waals surface area (Å²) in [7, 11) is -0.878. The maximum Gasteiger partial charge on any atom is 0.319 e. The second-order valence-corrected chi connectivity index (χ2v) is 7.98. The molecule has 128 valence electrons. The molecule has 0 saturated carbocycles. The highest BCUT2D eigenvalue weighted by atomic mass is 32.2. The minimum Gasteiger partial charge on any atom is -0.385 e. The standard InChI is InChI=1S/C15H23N3O4S/c1-11(9-10-22-2)16-15(20)17-13-7-5-12(6-8-13)14(19)18-23(3,4)21/h5-8,11H,9-10H2,1-4H3,(H2,16,17,20). The fourth-order valence-electron chi connectivity index (χ4n) is 1.71. The van der Waals surface area contributed by atoms with Crippen molar-refractivity contribution in [3.05, 3.63) is 29.8 Å². The van der Waals surface area contributed by atoms with Crippen LogP contribution in [0.2, 0.25) is 0 Å². The number of carbonyl (C=O) groups is 2. The number of nitrogens with zero attached hydrogens (tertiary/aromatic N) is 1. The van der Waals surface area contributed by atoms with E-state index < -0.39 is 15.6 Å². The van der Waals surface area contributed by atoms with E-state index in [4.69, 9.17) is 4.74 Å². The van der Waals surface area contributed by atoms with E-state index in [1.807, 2.05) is 6.92 Å². The number of ether oxygens (including phenoxy) is 1. The zero-order chi connectivity index (χ0) is 17.5. The first-order chi connectivity index (χ1) is 10.7. The molecule has 2 N–H and O–H groups in total. The Labute approximate surface area is 137 Å². The molecule has 0 aliphatic heterocycles. The summed E-state index contributed by atoms with van der Waals surface area (Å²) in [4.78, 5) is 23.6. The summed E-state index contributed by atoms with van der Waals surface area (Å²) in [5.41, 5.74) is 0.868. The summed E-state index contributed by atoms with van der Waals surface area (Å²) >= 11 is 0. The van der Waals surface area contributed by atoms with Crippen LogP contribution < -0.4 is 10.6 Å². The number of hydrogen-bond acceptors (Lipinski definition) is 4. The number of carbonyl (C=O) groups excluding carboxylic acids is 2. The van der Waals surface area contributed by atoms with Crippen LogP contribution in [0.3, 0.4) is 0 Å². The molecule has 1 aromatic carbocycles. The van der Waals surface area contributed by atoms with Crippen LogP contribution in [0, 0.1) is 0 Å². The highest BCUT2D eigenvalue weighted by molar-refractivity contribution is 7.92. The second-order valence-electron chi connectivity index (χ2n) is 5.44. The molecule has 0 bridgehead atoms. The summed E-state index contributed by atoms with van der Waals surface area (Å²) in [6.45, 7) is 2.45. The third-order valence-corrected chi connectivity index (χ3v) is 3.43. The van der Waals surface area contributed by atoms with Crippen LogP contribution in [0.1, 0.15) is 23.7 Å². The van der Waals surface area contributed by atoms with Crippen molar-refractivity contribution in [3.8, 4) is 0 Å². The zero-order valence-corrected chi connectivity index (χ0v) is 14.6. The summed E-state index contributed by atoms with van der Waals surface area (Å²) in [5, 5.41) is 5.45. The molecule has 23 heavy (non-hydrogen) atoms. The van der Waals surface area contributed by atoms with Crippen molar-refractivity contribution in [2.24, 2.45) is 4.36 Å². The average molecular weight is 341 g/mol. The molecule has 0 saturated heterocycles. The normalized spacial score (nSPS) is 12.3. The van der Waals surface area contributed by atoms with E-state index in [1.54, 1.807) is 19.2 Å². The summed E-state index contributed by atoms with van der Waals surface area (Å²) < 4.78 is 20.1. The summed E-state index contributed by atoms with van der Waals surface area (Å²) in [5.74, 6) is -0.538. The smallest absolute Gasteiger partial charge is 0.319 e. The van der Waals surface area contributed by atoms with Gasteiger partial charge in [0.15, 0.2) is 0 Å². The lowest BCUT2D eigenvalue weighted by Crippen LogP contribution is -2.36. The molecule has 1 aromatic rings. The number of anilines is 1. The lowest BCUT2D eigenvalue weighted by molar-refractivity contribution is 0.100. The molecular weight excluding hydrogens is 318 g/mol. The fourth-order valence-corrected chi connectivity index (χ4v) is 2.21. The lowest BCUT2D eigenvalue weighted by Gasteiger charge is -2.14. The molecule has 1 atom stereocenters. The molecule has 1 unspecified atom stereocenters. The van der Waals surface area contributed by atoms with Gasteiger partial charge in [-0.15, -0.1) is 0 Å². The minimum atomic E-state index is -2.49. The van der Waals surface area contributed by atoms with Crippen LogP contribution in [0.4, 0.5) is 10.5 Å². The van der Waals surface area contributed by atoms with Crippen LogP contribution in [0.25, 0.3) is 0 Å². The maximum absolute atomic E-state index is 11.8. The topological polar surface area (TPSA) is 96.9 Å². The van der Waals surface area contributed by atoms with Crippen molar-refractivity contribution in [2.45, 2.75) is 19.4 Å². The monoisotopic (exact) mass is 341 g/mol. The molecule has 3 amide bonds. The molecule has 0 heterocycles.